The van der Waals surface area contributed by atoms with Crippen LogP contribution in [0.2, 0.25) is 5.02 Å². The zero-order valence-electron chi connectivity index (χ0n) is 9.80. The van der Waals surface area contributed by atoms with E-state index in [-0.39, 0.29) is 21.6 Å². The summed E-state index contributed by atoms with van der Waals surface area (Å²) in [6.07, 6.45) is 0.698. The fraction of sp³-hybridized carbons (Fsp3) is 0.400. The predicted octanol–water partition coefficient (Wildman–Crippen LogP) is 0.888. The number of nitrogens with zero attached hydrogens (tertiary/aromatic N) is 1. The Balaban J connectivity index is 2.27. The van der Waals surface area contributed by atoms with Gasteiger partial charge in [-0.25, -0.2) is 13.1 Å². The van der Waals surface area contributed by atoms with E-state index in [1.54, 1.807) is 0 Å². The van der Waals surface area contributed by atoms with Crippen LogP contribution < -0.4 is 10.0 Å². The van der Waals surface area contributed by atoms with E-state index in [2.05, 4.69) is 10.0 Å². The number of nitro benzene ring substituents is 1. The number of nitro groups is 1. The molecule has 1 atom stereocenters. The average Bonchev–Trinajstić information content (AvgIpc) is 2.80. The fourth-order valence-electron chi connectivity index (χ4n) is 1.86. The number of benzene rings is 1. The average molecular weight is 306 g/mol. The van der Waals surface area contributed by atoms with Crippen LogP contribution in [0, 0.1) is 10.1 Å². The molecule has 19 heavy (non-hydrogen) atoms. The van der Waals surface area contributed by atoms with Crippen molar-refractivity contribution in [1.82, 2.24) is 10.0 Å². The molecule has 0 aliphatic carbocycles. The van der Waals surface area contributed by atoms with Gasteiger partial charge in [-0.1, -0.05) is 11.6 Å². The highest BCUT2D eigenvalue weighted by Crippen LogP contribution is 2.26. The lowest BCUT2D eigenvalue weighted by Crippen LogP contribution is -2.36. The van der Waals surface area contributed by atoms with Gasteiger partial charge in [-0.2, -0.15) is 0 Å². The van der Waals surface area contributed by atoms with E-state index in [1.807, 2.05) is 0 Å². The lowest BCUT2D eigenvalue weighted by Gasteiger charge is -2.12. The minimum atomic E-state index is -3.76. The van der Waals surface area contributed by atoms with E-state index in [0.29, 0.717) is 13.0 Å². The van der Waals surface area contributed by atoms with Crippen molar-refractivity contribution in [2.75, 3.05) is 13.1 Å². The summed E-state index contributed by atoms with van der Waals surface area (Å²) in [6, 6.07) is 3.11. The maximum atomic E-state index is 12.1. The van der Waals surface area contributed by atoms with Crippen LogP contribution in [0.25, 0.3) is 0 Å². The third-order valence-corrected chi connectivity index (χ3v) is 4.80. The smallest absolute Gasteiger partial charge is 0.271 e. The van der Waals surface area contributed by atoms with Crippen molar-refractivity contribution in [2.24, 2.45) is 0 Å². The molecule has 1 aliphatic heterocycles. The molecule has 0 spiro atoms. The summed E-state index contributed by atoms with van der Waals surface area (Å²) in [4.78, 5) is 9.79. The van der Waals surface area contributed by atoms with Crippen LogP contribution in [0.3, 0.4) is 0 Å². The zero-order valence-corrected chi connectivity index (χ0v) is 11.4. The summed E-state index contributed by atoms with van der Waals surface area (Å²) < 4.78 is 26.7. The van der Waals surface area contributed by atoms with Gasteiger partial charge in [0.1, 0.15) is 4.90 Å². The third-order valence-electron chi connectivity index (χ3n) is 2.80. The third kappa shape index (κ3) is 3.21. The molecule has 1 unspecified atom stereocenters. The van der Waals surface area contributed by atoms with Gasteiger partial charge in [-0.15, -0.1) is 0 Å². The van der Waals surface area contributed by atoms with Crippen LogP contribution in [0.4, 0.5) is 5.69 Å². The number of halogens is 1. The SMILES string of the molecule is O=[N+]([O-])c1ccc(S(=O)(=O)NC2CCNC2)c(Cl)c1. The fourth-order valence-corrected chi connectivity index (χ4v) is 3.67. The summed E-state index contributed by atoms with van der Waals surface area (Å²) in [5, 5.41) is 13.4. The van der Waals surface area contributed by atoms with Gasteiger partial charge in [-0.05, 0) is 19.0 Å². The van der Waals surface area contributed by atoms with Crippen LogP contribution in [0.15, 0.2) is 23.1 Å². The van der Waals surface area contributed by atoms with Gasteiger partial charge in [0.05, 0.1) is 9.95 Å². The molecule has 1 fully saturated rings. The number of hydrogen-bond donors (Lipinski definition) is 2. The van der Waals surface area contributed by atoms with E-state index in [1.165, 1.54) is 0 Å². The van der Waals surface area contributed by atoms with Gasteiger partial charge in [0.15, 0.2) is 0 Å². The maximum absolute atomic E-state index is 12.1. The molecule has 0 radical (unpaired) electrons. The van der Waals surface area contributed by atoms with E-state index < -0.39 is 14.9 Å². The van der Waals surface area contributed by atoms with E-state index in [9.17, 15) is 18.5 Å². The molecule has 1 heterocycles. The molecule has 7 nitrogen and oxygen atoms in total. The first kappa shape index (κ1) is 14.2. The quantitative estimate of drug-likeness (QED) is 0.635. The van der Waals surface area contributed by atoms with Crippen molar-refractivity contribution in [2.45, 2.75) is 17.4 Å². The Kier molecular flexibility index (Phi) is 4.04. The summed E-state index contributed by atoms with van der Waals surface area (Å²) in [7, 11) is -3.76. The van der Waals surface area contributed by atoms with Gasteiger partial charge in [0.25, 0.3) is 5.69 Å². The van der Waals surface area contributed by atoms with Gasteiger partial charge in [0.2, 0.25) is 10.0 Å². The molecule has 104 valence electrons. The number of hydrogen-bond acceptors (Lipinski definition) is 5. The molecule has 9 heteroatoms. The Morgan fingerprint density at radius 2 is 2.21 bits per heavy atom. The van der Waals surface area contributed by atoms with Crippen LogP contribution in [-0.2, 0) is 10.0 Å². The summed E-state index contributed by atoms with van der Waals surface area (Å²) in [5.74, 6) is 0. The lowest BCUT2D eigenvalue weighted by atomic mass is 10.3. The van der Waals surface area contributed by atoms with Gasteiger partial charge in [0, 0.05) is 24.7 Å². The van der Waals surface area contributed by atoms with Gasteiger partial charge in [-0.3, -0.25) is 10.1 Å². The summed E-state index contributed by atoms with van der Waals surface area (Å²) >= 11 is 5.80. The minimum absolute atomic E-state index is 0.147. The molecule has 1 saturated heterocycles. The molecule has 1 aromatic carbocycles. The minimum Gasteiger partial charge on any atom is -0.315 e. The van der Waals surface area contributed by atoms with Crippen molar-refractivity contribution in [3.8, 4) is 0 Å². The maximum Gasteiger partial charge on any atom is 0.271 e. The molecular weight excluding hydrogens is 294 g/mol. The van der Waals surface area contributed by atoms with E-state index in [4.69, 9.17) is 11.6 Å². The van der Waals surface area contributed by atoms with E-state index >= 15 is 0 Å². The predicted molar refractivity (Wildman–Crippen MR) is 69.7 cm³/mol. The molecule has 1 aliphatic rings. The molecule has 2 N–H and O–H groups in total. The van der Waals surface area contributed by atoms with Gasteiger partial charge < -0.3 is 5.32 Å². The lowest BCUT2D eigenvalue weighted by molar-refractivity contribution is -0.384. The molecule has 1 aromatic rings. The molecule has 0 bridgehead atoms. The van der Waals surface area contributed by atoms with Crippen molar-refractivity contribution in [3.05, 3.63) is 33.3 Å². The molecule has 0 saturated carbocycles. The normalized spacial score (nSPS) is 19.5. The van der Waals surface area contributed by atoms with Crippen molar-refractivity contribution >= 4 is 27.3 Å². The van der Waals surface area contributed by atoms with E-state index in [0.717, 1.165) is 24.7 Å². The second-order valence-corrected chi connectivity index (χ2v) is 6.27. The second-order valence-electron chi connectivity index (χ2n) is 4.18. The Morgan fingerprint density at radius 3 is 2.74 bits per heavy atom. The molecule has 2 rings (SSSR count). The molecular formula is C10H12ClN3O4S. The van der Waals surface area contributed by atoms with Crippen molar-refractivity contribution in [1.29, 1.82) is 0 Å². The summed E-state index contributed by atoms with van der Waals surface area (Å²) in [6.45, 7) is 1.31. The summed E-state index contributed by atoms with van der Waals surface area (Å²) in [5.41, 5.74) is -0.244. The van der Waals surface area contributed by atoms with Crippen LogP contribution in [0.5, 0.6) is 0 Å². The first-order valence-corrected chi connectivity index (χ1v) is 7.43. The van der Waals surface area contributed by atoms with Crippen LogP contribution >= 0.6 is 11.6 Å². The Morgan fingerprint density at radius 1 is 1.47 bits per heavy atom. The highest BCUT2D eigenvalue weighted by molar-refractivity contribution is 7.89. The Hall–Kier alpha value is -1.22. The second kappa shape index (κ2) is 5.41. The van der Waals surface area contributed by atoms with Crippen LogP contribution in [-0.4, -0.2) is 32.5 Å². The van der Waals surface area contributed by atoms with Gasteiger partial charge >= 0.3 is 0 Å². The van der Waals surface area contributed by atoms with Crippen molar-refractivity contribution < 1.29 is 13.3 Å². The number of nitrogens with one attached hydrogen (secondary N) is 2. The first-order chi connectivity index (χ1) is 8.90. The monoisotopic (exact) mass is 305 g/mol. The highest BCUT2D eigenvalue weighted by atomic mass is 35.5. The molecule has 0 amide bonds. The highest BCUT2D eigenvalue weighted by Gasteiger charge is 2.25. The topological polar surface area (TPSA) is 101 Å². The number of sulfonamides is 1. The Bertz CT molecular complexity index is 599. The molecule has 0 aromatic heterocycles. The number of non-ortho nitro benzene ring substituents is 1. The largest absolute Gasteiger partial charge is 0.315 e. The number of rotatable bonds is 4. The Labute approximate surface area is 115 Å². The van der Waals surface area contributed by atoms with Crippen LogP contribution in [0.1, 0.15) is 6.42 Å². The standard InChI is InChI=1S/C10H12ClN3O4S/c11-9-5-8(14(15)16)1-2-10(9)19(17,18)13-7-3-4-12-6-7/h1-2,5,7,12-13H,3-4,6H2. The zero-order chi connectivity index (χ0) is 14.0. The van der Waals surface area contributed by atoms with Crippen molar-refractivity contribution in [3.63, 3.8) is 0 Å². The first-order valence-electron chi connectivity index (χ1n) is 5.57.